The van der Waals surface area contributed by atoms with Crippen LogP contribution in [0.3, 0.4) is 0 Å². The van der Waals surface area contributed by atoms with Crippen LogP contribution in [0.15, 0.2) is 4.79 Å². The first kappa shape index (κ1) is 20.5. The van der Waals surface area contributed by atoms with Crippen molar-refractivity contribution in [3.63, 3.8) is 0 Å². The third-order valence-corrected chi connectivity index (χ3v) is 8.96. The van der Waals surface area contributed by atoms with Crippen LogP contribution in [-0.4, -0.2) is 63.6 Å². The van der Waals surface area contributed by atoms with Gasteiger partial charge in [0.05, 0.1) is 16.9 Å². The summed E-state index contributed by atoms with van der Waals surface area (Å²) in [5, 5.41) is 0.805. The minimum atomic E-state index is -0.00985. The maximum atomic E-state index is 12.6. The molecule has 162 valence electrons. The topological polar surface area (TPSA) is 69.3 Å². The number of thioether (sulfide) groups is 1. The molecule has 0 bridgehead atoms. The Bertz CT molecular complexity index is 971. The molecule has 1 amide bonds. The maximum Gasteiger partial charge on any atom is 0.259 e. The fourth-order valence-corrected chi connectivity index (χ4v) is 7.28. The molecule has 1 aliphatic heterocycles. The number of thiophene rings is 1. The molecule has 0 aromatic carbocycles. The van der Waals surface area contributed by atoms with Gasteiger partial charge in [0, 0.05) is 37.1 Å². The van der Waals surface area contributed by atoms with Crippen LogP contribution in [0.2, 0.25) is 0 Å². The van der Waals surface area contributed by atoms with E-state index in [9.17, 15) is 9.59 Å². The molecule has 8 heteroatoms. The van der Waals surface area contributed by atoms with E-state index in [1.165, 1.54) is 42.5 Å². The lowest BCUT2D eigenvalue weighted by molar-refractivity contribution is -0.130. The van der Waals surface area contributed by atoms with Crippen molar-refractivity contribution in [1.82, 2.24) is 19.8 Å². The van der Waals surface area contributed by atoms with Gasteiger partial charge in [-0.25, -0.2) is 4.98 Å². The number of hydrogen-bond acceptors (Lipinski definition) is 6. The average molecular weight is 447 g/mol. The van der Waals surface area contributed by atoms with Crippen molar-refractivity contribution in [1.29, 1.82) is 0 Å². The Morgan fingerprint density at radius 2 is 1.87 bits per heavy atom. The predicted molar refractivity (Wildman–Crippen MR) is 123 cm³/mol. The van der Waals surface area contributed by atoms with Gasteiger partial charge in [0.2, 0.25) is 5.91 Å². The van der Waals surface area contributed by atoms with Crippen molar-refractivity contribution < 1.29 is 4.79 Å². The molecule has 30 heavy (non-hydrogen) atoms. The molecule has 2 aromatic heterocycles. The number of H-pyrrole nitrogens is 1. The van der Waals surface area contributed by atoms with Crippen molar-refractivity contribution in [2.75, 3.05) is 31.9 Å². The Kier molecular flexibility index (Phi) is 6.16. The zero-order valence-corrected chi connectivity index (χ0v) is 19.1. The lowest BCUT2D eigenvalue weighted by Crippen LogP contribution is -2.51. The molecule has 2 fully saturated rings. The minimum Gasteiger partial charge on any atom is -0.339 e. The highest BCUT2D eigenvalue weighted by Crippen LogP contribution is 2.33. The SMILES string of the molecule is O=C(CSCc1nc2sc3c(c2c(=O)[nH]1)CCCC3)N1CCN(C2CCCC2)CC1. The van der Waals surface area contributed by atoms with E-state index < -0.39 is 0 Å². The van der Waals surface area contributed by atoms with E-state index in [-0.39, 0.29) is 11.5 Å². The molecule has 0 spiro atoms. The van der Waals surface area contributed by atoms with Gasteiger partial charge < -0.3 is 9.88 Å². The van der Waals surface area contributed by atoms with Gasteiger partial charge >= 0.3 is 0 Å². The van der Waals surface area contributed by atoms with Crippen molar-refractivity contribution >= 4 is 39.2 Å². The summed E-state index contributed by atoms with van der Waals surface area (Å²) < 4.78 is 0. The second-order valence-corrected chi connectivity index (χ2v) is 10.8. The zero-order chi connectivity index (χ0) is 20.5. The zero-order valence-electron chi connectivity index (χ0n) is 17.5. The van der Waals surface area contributed by atoms with E-state index in [1.807, 2.05) is 4.90 Å². The number of hydrogen-bond donors (Lipinski definition) is 1. The Hall–Kier alpha value is -1.38. The lowest BCUT2D eigenvalue weighted by atomic mass is 9.97. The molecule has 1 saturated heterocycles. The van der Waals surface area contributed by atoms with E-state index >= 15 is 0 Å². The monoisotopic (exact) mass is 446 g/mol. The van der Waals surface area contributed by atoms with E-state index in [4.69, 9.17) is 4.98 Å². The van der Waals surface area contributed by atoms with Crippen molar-refractivity contribution in [3.8, 4) is 0 Å². The number of aromatic nitrogens is 2. The summed E-state index contributed by atoms with van der Waals surface area (Å²) in [7, 11) is 0. The van der Waals surface area contributed by atoms with Gasteiger partial charge in [-0.2, -0.15) is 0 Å². The number of aromatic amines is 1. The van der Waals surface area contributed by atoms with Crippen molar-refractivity contribution in [3.05, 3.63) is 26.6 Å². The molecule has 3 aliphatic rings. The maximum absolute atomic E-state index is 12.6. The molecule has 0 atom stereocenters. The molecule has 5 rings (SSSR count). The van der Waals surface area contributed by atoms with Crippen LogP contribution in [0.1, 0.15) is 54.8 Å². The summed E-state index contributed by atoms with van der Waals surface area (Å²) in [6, 6.07) is 0.748. The molecule has 0 unspecified atom stereocenters. The number of piperazine rings is 1. The van der Waals surface area contributed by atoms with E-state index in [0.717, 1.165) is 61.7 Å². The highest BCUT2D eigenvalue weighted by molar-refractivity contribution is 7.99. The van der Waals surface area contributed by atoms with Gasteiger partial charge in [-0.1, -0.05) is 12.8 Å². The smallest absolute Gasteiger partial charge is 0.259 e. The third kappa shape index (κ3) is 4.18. The van der Waals surface area contributed by atoms with Crippen molar-refractivity contribution in [2.24, 2.45) is 0 Å². The van der Waals surface area contributed by atoms with E-state index in [0.29, 0.717) is 17.3 Å². The number of nitrogens with zero attached hydrogens (tertiary/aromatic N) is 3. The molecule has 0 radical (unpaired) electrons. The number of carbonyl (C=O) groups is 1. The Morgan fingerprint density at radius 3 is 2.67 bits per heavy atom. The van der Waals surface area contributed by atoms with Crippen LogP contribution in [0.5, 0.6) is 0 Å². The number of amides is 1. The quantitative estimate of drug-likeness (QED) is 0.764. The predicted octanol–water partition coefficient (Wildman–Crippen LogP) is 3.18. The van der Waals surface area contributed by atoms with Crippen LogP contribution in [0.25, 0.3) is 10.2 Å². The van der Waals surface area contributed by atoms with Gasteiger partial charge in [-0.3, -0.25) is 14.5 Å². The molecule has 1 N–H and O–H groups in total. The second kappa shape index (κ2) is 9.01. The van der Waals surface area contributed by atoms with Crippen LogP contribution in [0.4, 0.5) is 0 Å². The van der Waals surface area contributed by atoms with Gasteiger partial charge in [0.15, 0.2) is 0 Å². The Labute approximate surface area is 185 Å². The van der Waals surface area contributed by atoms with Crippen LogP contribution in [0, 0.1) is 0 Å². The molecule has 1 saturated carbocycles. The molecule has 2 aliphatic carbocycles. The van der Waals surface area contributed by atoms with Crippen LogP contribution >= 0.6 is 23.1 Å². The fourth-order valence-electron chi connectivity index (χ4n) is 5.21. The number of fused-ring (bicyclic) bond motifs is 3. The second-order valence-electron chi connectivity index (χ2n) is 8.75. The average Bonchev–Trinajstić information content (AvgIpc) is 3.42. The molecule has 3 heterocycles. The lowest BCUT2D eigenvalue weighted by Gasteiger charge is -2.38. The summed E-state index contributed by atoms with van der Waals surface area (Å²) in [6.45, 7) is 3.71. The summed E-state index contributed by atoms with van der Waals surface area (Å²) >= 11 is 3.23. The summed E-state index contributed by atoms with van der Waals surface area (Å²) in [4.78, 5) is 39.7. The number of carbonyl (C=O) groups excluding carboxylic acids is 1. The minimum absolute atomic E-state index is 0.00985. The van der Waals surface area contributed by atoms with Gasteiger partial charge in [0.1, 0.15) is 10.7 Å². The van der Waals surface area contributed by atoms with Gasteiger partial charge in [0.25, 0.3) is 5.56 Å². The van der Waals surface area contributed by atoms with Gasteiger partial charge in [-0.05, 0) is 44.1 Å². The first-order valence-electron chi connectivity index (χ1n) is 11.3. The highest BCUT2D eigenvalue weighted by atomic mass is 32.2. The van der Waals surface area contributed by atoms with E-state index in [1.54, 1.807) is 23.1 Å². The number of rotatable bonds is 5. The Balaban J connectivity index is 1.14. The largest absolute Gasteiger partial charge is 0.339 e. The highest BCUT2D eigenvalue weighted by Gasteiger charge is 2.27. The standard InChI is InChI=1S/C22H30N4O2S2/c27-19(26-11-9-25(10-12-26)15-5-1-2-6-15)14-29-13-18-23-21(28)20-16-7-3-4-8-17(16)30-22(20)24-18/h15H,1-14H2,(H,23,24,28). The molecule has 6 nitrogen and oxygen atoms in total. The molecular weight excluding hydrogens is 416 g/mol. The molecular formula is C22H30N4O2S2. The summed E-state index contributed by atoms with van der Waals surface area (Å²) in [5.74, 6) is 1.92. The molecule has 2 aromatic rings. The fraction of sp³-hybridized carbons (Fsp3) is 0.682. The van der Waals surface area contributed by atoms with Crippen LogP contribution in [-0.2, 0) is 23.4 Å². The number of aryl methyl sites for hydroxylation is 2. The summed E-state index contributed by atoms with van der Waals surface area (Å²) in [6.07, 6.45) is 9.80. The van der Waals surface area contributed by atoms with Crippen molar-refractivity contribution in [2.45, 2.75) is 63.2 Å². The third-order valence-electron chi connectivity index (χ3n) is 6.85. The first-order valence-corrected chi connectivity index (χ1v) is 13.3. The Morgan fingerprint density at radius 1 is 1.10 bits per heavy atom. The van der Waals surface area contributed by atoms with Gasteiger partial charge in [-0.15, -0.1) is 23.1 Å². The van der Waals surface area contributed by atoms with E-state index in [2.05, 4.69) is 9.88 Å². The number of nitrogens with one attached hydrogen (secondary N) is 1. The first-order chi connectivity index (χ1) is 14.7. The summed E-state index contributed by atoms with van der Waals surface area (Å²) in [5.41, 5.74) is 1.21. The normalized spacial score (nSPS) is 20.7. The van der Waals surface area contributed by atoms with Crippen LogP contribution < -0.4 is 5.56 Å².